The summed E-state index contributed by atoms with van der Waals surface area (Å²) in [4.78, 5) is 13.9. The van der Waals surface area contributed by atoms with Crippen LogP contribution in [0.2, 0.25) is 0 Å². The van der Waals surface area contributed by atoms with Gasteiger partial charge in [0, 0.05) is 9.79 Å². The van der Waals surface area contributed by atoms with Crippen molar-refractivity contribution in [3.63, 3.8) is 0 Å². The minimum absolute atomic E-state index is 0.320. The molecule has 0 saturated carbocycles. The second-order valence-corrected chi connectivity index (χ2v) is 4.98. The average Bonchev–Trinajstić information content (AvgIpc) is 2.43. The van der Waals surface area contributed by atoms with Crippen LogP contribution in [0.25, 0.3) is 0 Å². The highest BCUT2D eigenvalue weighted by molar-refractivity contribution is 7.99. The van der Waals surface area contributed by atoms with Crippen molar-refractivity contribution in [2.75, 3.05) is 12.4 Å². The molecule has 0 fully saturated rings. The Morgan fingerprint density at radius 1 is 1.11 bits per heavy atom. The maximum absolute atomic E-state index is 11.7. The van der Waals surface area contributed by atoms with Gasteiger partial charge in [0.1, 0.15) is 0 Å². The van der Waals surface area contributed by atoms with Crippen molar-refractivity contribution in [1.29, 1.82) is 0 Å². The lowest BCUT2D eigenvalue weighted by molar-refractivity contribution is 0.0601. The second kappa shape index (κ2) is 4.38. The Kier molecular flexibility index (Phi) is 2.72. The van der Waals surface area contributed by atoms with Gasteiger partial charge in [-0.1, -0.05) is 30.0 Å². The van der Waals surface area contributed by atoms with Gasteiger partial charge < -0.3 is 10.1 Å². The molecule has 3 nitrogen and oxygen atoms in total. The Labute approximate surface area is 109 Å². The van der Waals surface area contributed by atoms with Crippen LogP contribution in [0.3, 0.4) is 0 Å². The Bertz CT molecular complexity index is 625. The number of methoxy groups -OCH3 is 1. The standard InChI is InChI=1S/C14H11NO2S/c1-17-14(16)9-5-4-8-12-13(9)15-10-6-2-3-7-11(10)18-12/h2-8,15H,1H3. The molecule has 0 aromatic heterocycles. The van der Waals surface area contributed by atoms with Crippen LogP contribution in [0.15, 0.2) is 52.3 Å². The molecule has 3 rings (SSSR count). The van der Waals surface area contributed by atoms with E-state index in [0.717, 1.165) is 21.2 Å². The third kappa shape index (κ3) is 1.75. The van der Waals surface area contributed by atoms with Crippen molar-refractivity contribution in [3.8, 4) is 0 Å². The van der Waals surface area contributed by atoms with E-state index in [2.05, 4.69) is 11.4 Å². The second-order valence-electron chi connectivity index (χ2n) is 3.89. The number of nitrogens with one attached hydrogen (secondary N) is 1. The number of carbonyl (C=O) groups excluding carboxylic acids is 1. The molecule has 0 aliphatic carbocycles. The van der Waals surface area contributed by atoms with E-state index < -0.39 is 0 Å². The largest absolute Gasteiger partial charge is 0.465 e. The van der Waals surface area contributed by atoms with Gasteiger partial charge in [0.05, 0.1) is 24.0 Å². The third-order valence-electron chi connectivity index (χ3n) is 2.80. The molecule has 0 spiro atoms. The lowest BCUT2D eigenvalue weighted by atomic mass is 10.1. The Morgan fingerprint density at radius 2 is 1.89 bits per heavy atom. The number of benzene rings is 2. The highest BCUT2D eigenvalue weighted by Gasteiger charge is 2.21. The quantitative estimate of drug-likeness (QED) is 0.675. The Hall–Kier alpha value is -1.94. The lowest BCUT2D eigenvalue weighted by Gasteiger charge is -2.22. The van der Waals surface area contributed by atoms with E-state index in [1.807, 2.05) is 30.3 Å². The van der Waals surface area contributed by atoms with Gasteiger partial charge in [-0.15, -0.1) is 0 Å². The minimum atomic E-state index is -0.320. The van der Waals surface area contributed by atoms with E-state index in [9.17, 15) is 4.79 Å². The SMILES string of the molecule is COC(=O)c1cccc2c1Nc1ccccc1S2. The van der Waals surface area contributed by atoms with Crippen LogP contribution in [-0.4, -0.2) is 13.1 Å². The summed E-state index contributed by atoms with van der Waals surface area (Å²) >= 11 is 1.65. The van der Waals surface area contributed by atoms with Crippen LogP contribution in [0, 0.1) is 0 Å². The number of para-hydroxylation sites is 2. The van der Waals surface area contributed by atoms with E-state index in [1.54, 1.807) is 17.8 Å². The molecule has 2 aromatic rings. The van der Waals surface area contributed by atoms with Crippen molar-refractivity contribution >= 4 is 29.1 Å². The van der Waals surface area contributed by atoms with Crippen LogP contribution in [0.4, 0.5) is 11.4 Å². The highest BCUT2D eigenvalue weighted by atomic mass is 32.2. The molecule has 1 aliphatic rings. The number of hydrogen-bond donors (Lipinski definition) is 1. The van der Waals surface area contributed by atoms with E-state index in [4.69, 9.17) is 4.74 Å². The molecule has 18 heavy (non-hydrogen) atoms. The van der Waals surface area contributed by atoms with Crippen LogP contribution >= 0.6 is 11.8 Å². The maximum Gasteiger partial charge on any atom is 0.340 e. The minimum Gasteiger partial charge on any atom is -0.465 e. The lowest BCUT2D eigenvalue weighted by Crippen LogP contribution is -2.09. The molecule has 0 saturated heterocycles. The molecule has 1 heterocycles. The average molecular weight is 257 g/mol. The summed E-state index contributed by atoms with van der Waals surface area (Å²) in [6.07, 6.45) is 0. The Morgan fingerprint density at radius 3 is 2.72 bits per heavy atom. The molecule has 0 amide bonds. The van der Waals surface area contributed by atoms with E-state index in [-0.39, 0.29) is 5.97 Å². The summed E-state index contributed by atoms with van der Waals surface area (Å²) in [5.74, 6) is -0.320. The number of rotatable bonds is 1. The zero-order valence-corrected chi connectivity index (χ0v) is 10.6. The monoisotopic (exact) mass is 257 g/mol. The van der Waals surface area contributed by atoms with Crippen molar-refractivity contribution in [3.05, 3.63) is 48.0 Å². The van der Waals surface area contributed by atoms with Gasteiger partial charge in [-0.3, -0.25) is 0 Å². The van der Waals surface area contributed by atoms with E-state index in [0.29, 0.717) is 5.56 Å². The number of ether oxygens (including phenoxy) is 1. The van der Waals surface area contributed by atoms with E-state index in [1.165, 1.54) is 7.11 Å². The molecule has 90 valence electrons. The zero-order chi connectivity index (χ0) is 12.5. The van der Waals surface area contributed by atoms with Crippen LogP contribution in [0.5, 0.6) is 0 Å². The fourth-order valence-corrected chi connectivity index (χ4v) is 2.96. The number of anilines is 2. The molecule has 0 bridgehead atoms. The normalized spacial score (nSPS) is 12.1. The van der Waals surface area contributed by atoms with Crippen molar-refractivity contribution in [1.82, 2.24) is 0 Å². The van der Waals surface area contributed by atoms with Crippen molar-refractivity contribution in [2.45, 2.75) is 9.79 Å². The first-order valence-electron chi connectivity index (χ1n) is 5.55. The first-order valence-corrected chi connectivity index (χ1v) is 6.36. The number of esters is 1. The summed E-state index contributed by atoms with van der Waals surface area (Å²) in [7, 11) is 1.39. The fourth-order valence-electron chi connectivity index (χ4n) is 1.94. The highest BCUT2D eigenvalue weighted by Crippen LogP contribution is 2.45. The first kappa shape index (κ1) is 11.2. The molecule has 4 heteroatoms. The molecular formula is C14H11NO2S. The molecule has 1 N–H and O–H groups in total. The van der Waals surface area contributed by atoms with Crippen LogP contribution in [0.1, 0.15) is 10.4 Å². The number of fused-ring (bicyclic) bond motifs is 2. The van der Waals surface area contributed by atoms with Gasteiger partial charge in [-0.05, 0) is 24.3 Å². The van der Waals surface area contributed by atoms with Crippen molar-refractivity contribution in [2.24, 2.45) is 0 Å². The fraction of sp³-hybridized carbons (Fsp3) is 0.0714. The van der Waals surface area contributed by atoms with Gasteiger partial charge in [0.2, 0.25) is 0 Å². The third-order valence-corrected chi connectivity index (χ3v) is 3.93. The Balaban J connectivity index is 2.10. The molecule has 0 atom stereocenters. The smallest absolute Gasteiger partial charge is 0.340 e. The molecule has 2 aromatic carbocycles. The predicted octanol–water partition coefficient (Wildman–Crippen LogP) is 3.68. The number of hydrogen-bond acceptors (Lipinski definition) is 4. The summed E-state index contributed by atoms with van der Waals surface area (Å²) < 4.78 is 4.80. The van der Waals surface area contributed by atoms with Gasteiger partial charge in [0.15, 0.2) is 0 Å². The zero-order valence-electron chi connectivity index (χ0n) is 9.77. The predicted molar refractivity (Wildman–Crippen MR) is 71.6 cm³/mol. The molecular weight excluding hydrogens is 246 g/mol. The summed E-state index contributed by atoms with van der Waals surface area (Å²) in [6, 6.07) is 13.7. The van der Waals surface area contributed by atoms with Crippen LogP contribution in [-0.2, 0) is 4.74 Å². The number of carbonyl (C=O) groups is 1. The van der Waals surface area contributed by atoms with Gasteiger partial charge in [-0.2, -0.15) is 0 Å². The van der Waals surface area contributed by atoms with Gasteiger partial charge in [0.25, 0.3) is 0 Å². The van der Waals surface area contributed by atoms with Gasteiger partial charge in [-0.25, -0.2) is 4.79 Å². The summed E-state index contributed by atoms with van der Waals surface area (Å²) in [6.45, 7) is 0. The van der Waals surface area contributed by atoms with Gasteiger partial charge >= 0.3 is 5.97 Å². The topological polar surface area (TPSA) is 38.3 Å². The molecule has 0 unspecified atom stereocenters. The van der Waals surface area contributed by atoms with Crippen LogP contribution < -0.4 is 5.32 Å². The van der Waals surface area contributed by atoms with E-state index >= 15 is 0 Å². The summed E-state index contributed by atoms with van der Waals surface area (Å²) in [5.41, 5.74) is 2.41. The summed E-state index contributed by atoms with van der Waals surface area (Å²) in [5, 5.41) is 3.30. The van der Waals surface area contributed by atoms with Crippen molar-refractivity contribution < 1.29 is 9.53 Å². The maximum atomic E-state index is 11.7. The molecule has 0 radical (unpaired) electrons. The first-order chi connectivity index (χ1) is 8.79. The molecule has 1 aliphatic heterocycles.